The first-order valence-corrected chi connectivity index (χ1v) is 10.5. The maximum Gasteiger partial charge on any atom is 0.325 e. The number of H-pyrrole nitrogens is 1. The lowest BCUT2D eigenvalue weighted by Gasteiger charge is -2.38. The molecule has 1 spiro atoms. The maximum atomic E-state index is 13.6. The molecular weight excluding hydrogens is 410 g/mol. The van der Waals surface area contributed by atoms with E-state index in [-0.39, 0.29) is 18.4 Å². The number of carbonyl (C=O) groups excluding carboxylic acids is 3. The van der Waals surface area contributed by atoms with Gasteiger partial charge in [0.25, 0.3) is 5.91 Å². The van der Waals surface area contributed by atoms with Crippen LogP contribution >= 0.6 is 0 Å². The number of piperidine rings is 1. The number of aromatic nitrogens is 3. The summed E-state index contributed by atoms with van der Waals surface area (Å²) in [5.74, 6) is -0.724. The third-order valence-electron chi connectivity index (χ3n) is 6.61. The van der Waals surface area contributed by atoms with Crippen LogP contribution in [0, 0.1) is 6.92 Å². The molecular formula is C23H23N5O4. The van der Waals surface area contributed by atoms with Gasteiger partial charge in [-0.2, -0.15) is 5.10 Å². The van der Waals surface area contributed by atoms with Crippen LogP contribution in [0.3, 0.4) is 0 Å². The van der Waals surface area contributed by atoms with Crippen LogP contribution in [0.15, 0.2) is 36.5 Å². The summed E-state index contributed by atoms with van der Waals surface area (Å²) in [6.07, 6.45) is 2.56. The van der Waals surface area contributed by atoms with Crippen LogP contribution in [0.4, 0.5) is 5.69 Å². The number of aromatic amines is 1. The van der Waals surface area contributed by atoms with Crippen molar-refractivity contribution >= 4 is 34.5 Å². The molecule has 1 fully saturated rings. The van der Waals surface area contributed by atoms with Crippen molar-refractivity contribution in [2.45, 2.75) is 25.2 Å². The highest BCUT2D eigenvalue weighted by atomic mass is 16.5. The van der Waals surface area contributed by atoms with Gasteiger partial charge in [0, 0.05) is 18.8 Å². The topological polar surface area (TPSA) is 108 Å². The number of carbonyl (C=O) groups is 3. The zero-order valence-electron chi connectivity index (χ0n) is 17.9. The fraction of sp³-hybridized carbons (Fsp3) is 0.348. The predicted molar refractivity (Wildman–Crippen MR) is 116 cm³/mol. The average Bonchev–Trinajstić information content (AvgIpc) is 3.37. The number of hydrogen-bond donors (Lipinski definition) is 1. The molecule has 1 saturated heterocycles. The van der Waals surface area contributed by atoms with E-state index in [0.717, 1.165) is 22.3 Å². The van der Waals surface area contributed by atoms with Gasteiger partial charge in [0.15, 0.2) is 0 Å². The highest BCUT2D eigenvalue weighted by Gasteiger charge is 2.53. The molecule has 32 heavy (non-hydrogen) atoms. The Balaban J connectivity index is 1.42. The zero-order chi connectivity index (χ0) is 22.5. The number of fused-ring (bicyclic) bond motifs is 3. The van der Waals surface area contributed by atoms with E-state index in [1.54, 1.807) is 23.2 Å². The Morgan fingerprint density at radius 1 is 1.19 bits per heavy atom. The van der Waals surface area contributed by atoms with Gasteiger partial charge in [0.2, 0.25) is 5.91 Å². The van der Waals surface area contributed by atoms with E-state index < -0.39 is 11.4 Å². The van der Waals surface area contributed by atoms with Gasteiger partial charge in [-0.25, -0.2) is 4.98 Å². The normalized spacial score (nSPS) is 17.1. The largest absolute Gasteiger partial charge is 0.468 e. The van der Waals surface area contributed by atoms with Crippen molar-refractivity contribution in [3.63, 3.8) is 0 Å². The van der Waals surface area contributed by atoms with Gasteiger partial charge in [0.05, 0.1) is 24.2 Å². The van der Waals surface area contributed by atoms with Gasteiger partial charge in [-0.3, -0.25) is 19.5 Å². The summed E-state index contributed by atoms with van der Waals surface area (Å²) in [6.45, 7) is 2.72. The first-order chi connectivity index (χ1) is 15.4. The molecule has 164 valence electrons. The minimum atomic E-state index is -0.743. The van der Waals surface area contributed by atoms with Crippen molar-refractivity contribution < 1.29 is 19.1 Å². The van der Waals surface area contributed by atoms with E-state index in [1.165, 1.54) is 12.0 Å². The molecule has 9 nitrogen and oxygen atoms in total. The molecule has 4 heterocycles. The lowest BCUT2D eigenvalue weighted by Crippen LogP contribution is -2.51. The molecule has 0 bridgehead atoms. The smallest absolute Gasteiger partial charge is 0.325 e. The Kier molecular flexibility index (Phi) is 4.69. The summed E-state index contributed by atoms with van der Waals surface area (Å²) in [6, 6.07) is 9.22. The molecule has 3 aromatic rings. The monoisotopic (exact) mass is 433 g/mol. The third kappa shape index (κ3) is 2.96. The number of pyridine rings is 1. The summed E-state index contributed by atoms with van der Waals surface area (Å²) in [5.41, 5.74) is 3.75. The molecule has 1 N–H and O–H groups in total. The van der Waals surface area contributed by atoms with Gasteiger partial charge < -0.3 is 14.5 Å². The predicted octanol–water partition coefficient (Wildman–Crippen LogP) is 1.96. The summed E-state index contributed by atoms with van der Waals surface area (Å²) in [5, 5.41) is 6.77. The molecule has 9 heteroatoms. The second kappa shape index (κ2) is 7.44. The number of amides is 2. The Bertz CT molecular complexity index is 1240. The number of likely N-dealkylation sites (tertiary alicyclic amines) is 1. The number of hydrogen-bond acceptors (Lipinski definition) is 6. The van der Waals surface area contributed by atoms with Crippen LogP contribution in [0.5, 0.6) is 0 Å². The lowest BCUT2D eigenvalue weighted by atomic mass is 9.72. The second-order valence-electron chi connectivity index (χ2n) is 8.31. The highest BCUT2D eigenvalue weighted by Crippen LogP contribution is 2.49. The van der Waals surface area contributed by atoms with Crippen molar-refractivity contribution in [2.24, 2.45) is 0 Å². The number of nitrogens with one attached hydrogen (secondary N) is 1. The van der Waals surface area contributed by atoms with Crippen LogP contribution < -0.4 is 4.90 Å². The number of ether oxygens (including phenoxy) is 1. The molecule has 2 aliphatic heterocycles. The number of methoxy groups -OCH3 is 1. The molecule has 0 aliphatic carbocycles. The van der Waals surface area contributed by atoms with Gasteiger partial charge in [-0.15, -0.1) is 0 Å². The van der Waals surface area contributed by atoms with Crippen LogP contribution in [0.2, 0.25) is 0 Å². The van der Waals surface area contributed by atoms with Crippen LogP contribution in [0.1, 0.15) is 34.5 Å². The Hall–Kier alpha value is -3.75. The van der Waals surface area contributed by atoms with E-state index in [1.807, 2.05) is 25.1 Å². The molecule has 2 amide bonds. The van der Waals surface area contributed by atoms with Crippen LogP contribution in [0.25, 0.3) is 11.0 Å². The van der Waals surface area contributed by atoms with Gasteiger partial charge >= 0.3 is 5.97 Å². The minimum absolute atomic E-state index is 0.0998. The maximum absolute atomic E-state index is 13.6. The molecule has 5 rings (SSSR count). The highest BCUT2D eigenvalue weighted by molar-refractivity contribution is 6.11. The quantitative estimate of drug-likeness (QED) is 0.633. The average molecular weight is 433 g/mol. The van der Waals surface area contributed by atoms with Crippen molar-refractivity contribution in [3.8, 4) is 0 Å². The van der Waals surface area contributed by atoms with E-state index >= 15 is 0 Å². The Labute approximate surface area is 184 Å². The van der Waals surface area contributed by atoms with Gasteiger partial charge in [-0.05, 0) is 49.1 Å². The van der Waals surface area contributed by atoms with Crippen molar-refractivity contribution in [1.82, 2.24) is 20.1 Å². The third-order valence-corrected chi connectivity index (χ3v) is 6.61. The number of esters is 1. The molecule has 2 aromatic heterocycles. The molecule has 0 saturated carbocycles. The summed E-state index contributed by atoms with van der Waals surface area (Å²) < 4.78 is 4.80. The number of benzene rings is 1. The van der Waals surface area contributed by atoms with Crippen molar-refractivity contribution in [3.05, 3.63) is 53.3 Å². The van der Waals surface area contributed by atoms with E-state index in [9.17, 15) is 14.4 Å². The van der Waals surface area contributed by atoms with E-state index in [4.69, 9.17) is 4.74 Å². The standard InChI is InChI=1S/C23H23N5O4/c1-14-4-3-5-18-20(14)23(22(31)28(18)13-19(29)32-2)8-10-27(11-9-23)21(30)16-7-6-15-17(25-16)12-24-26-15/h3-7,12H,8-11,13H2,1-2H3,(H,24,26). The fourth-order valence-electron chi connectivity index (χ4n) is 4.99. The number of aryl methyl sites for hydroxylation is 1. The second-order valence-corrected chi connectivity index (χ2v) is 8.31. The number of nitrogens with zero attached hydrogens (tertiary/aromatic N) is 4. The Morgan fingerprint density at radius 3 is 2.72 bits per heavy atom. The summed E-state index contributed by atoms with van der Waals surface area (Å²) >= 11 is 0. The van der Waals surface area contributed by atoms with Crippen LogP contribution in [-0.4, -0.2) is 64.6 Å². The summed E-state index contributed by atoms with van der Waals surface area (Å²) in [4.78, 5) is 46.3. The Morgan fingerprint density at radius 2 is 1.97 bits per heavy atom. The van der Waals surface area contributed by atoms with Crippen molar-refractivity contribution in [2.75, 3.05) is 31.6 Å². The van der Waals surface area contributed by atoms with Gasteiger partial charge in [-0.1, -0.05) is 12.1 Å². The summed E-state index contributed by atoms with van der Waals surface area (Å²) in [7, 11) is 1.31. The molecule has 1 aromatic carbocycles. The zero-order valence-corrected chi connectivity index (χ0v) is 17.9. The fourth-order valence-corrected chi connectivity index (χ4v) is 4.99. The SMILES string of the molecule is COC(=O)CN1C(=O)C2(CCN(C(=O)c3ccc4[nH]ncc4n3)CC2)c2c(C)cccc21. The number of rotatable bonds is 3. The molecule has 0 atom stereocenters. The number of anilines is 1. The van der Waals surface area contributed by atoms with E-state index in [0.29, 0.717) is 37.1 Å². The molecule has 2 aliphatic rings. The first-order valence-electron chi connectivity index (χ1n) is 10.5. The minimum Gasteiger partial charge on any atom is -0.468 e. The van der Waals surface area contributed by atoms with Crippen LogP contribution in [-0.2, 0) is 19.7 Å². The van der Waals surface area contributed by atoms with Crippen molar-refractivity contribution in [1.29, 1.82) is 0 Å². The van der Waals surface area contributed by atoms with Gasteiger partial charge in [0.1, 0.15) is 17.8 Å². The first kappa shape index (κ1) is 20.2. The molecule has 0 unspecified atom stereocenters. The lowest BCUT2D eigenvalue weighted by molar-refractivity contribution is -0.140. The molecule has 0 radical (unpaired) electrons. The van der Waals surface area contributed by atoms with E-state index in [2.05, 4.69) is 15.2 Å².